The molecule has 1 saturated carbocycles. The molecule has 1 aliphatic heterocycles. The van der Waals surface area contributed by atoms with Crippen LogP contribution in [-0.2, 0) is 0 Å². The molecule has 3 aromatic rings. The van der Waals surface area contributed by atoms with Gasteiger partial charge in [-0.3, -0.25) is 9.69 Å². The molecule has 2 aromatic carbocycles. The third-order valence-corrected chi connectivity index (χ3v) is 8.79. The lowest BCUT2D eigenvalue weighted by molar-refractivity contribution is 0.103. The Balaban J connectivity index is 1.35. The normalized spacial score (nSPS) is 21.6. The zero-order chi connectivity index (χ0) is 23.5. The summed E-state index contributed by atoms with van der Waals surface area (Å²) in [6.45, 7) is 6.29. The largest absolute Gasteiger partial charge is 0.508 e. The van der Waals surface area contributed by atoms with Gasteiger partial charge in [0.1, 0.15) is 18.1 Å². The number of nitrogens with zero attached hydrogens (tertiary/aromatic N) is 1. The molecular weight excluding hydrogens is 442 g/mol. The molecule has 1 aliphatic carbocycles. The first-order valence-corrected chi connectivity index (χ1v) is 13.7. The van der Waals surface area contributed by atoms with Gasteiger partial charge in [-0.15, -0.1) is 11.3 Å². The monoisotopic (exact) mass is 477 g/mol. The van der Waals surface area contributed by atoms with Crippen LogP contribution in [0.15, 0.2) is 42.5 Å². The van der Waals surface area contributed by atoms with Gasteiger partial charge in [-0.25, -0.2) is 0 Å². The second kappa shape index (κ2) is 10.5. The zero-order valence-electron chi connectivity index (χ0n) is 20.1. The number of ether oxygens (including phenoxy) is 1. The Kier molecular flexibility index (Phi) is 7.21. The van der Waals surface area contributed by atoms with Crippen LogP contribution in [0.4, 0.5) is 0 Å². The number of ketones is 1. The van der Waals surface area contributed by atoms with Crippen molar-refractivity contribution in [2.75, 3.05) is 26.2 Å². The number of benzene rings is 2. The molecule has 0 spiro atoms. The van der Waals surface area contributed by atoms with Gasteiger partial charge >= 0.3 is 0 Å². The topological polar surface area (TPSA) is 49.8 Å². The average Bonchev–Trinajstić information content (AvgIpc) is 3.23. The summed E-state index contributed by atoms with van der Waals surface area (Å²) in [6.07, 6.45) is 8.66. The van der Waals surface area contributed by atoms with E-state index in [1.54, 1.807) is 23.5 Å². The van der Waals surface area contributed by atoms with E-state index in [-0.39, 0.29) is 11.5 Å². The Bertz CT molecular complexity index is 1130. The number of aromatic hydroxyl groups is 1. The van der Waals surface area contributed by atoms with Crippen LogP contribution in [0, 0.1) is 5.92 Å². The minimum Gasteiger partial charge on any atom is -0.508 e. The number of phenolic OH excluding ortho intramolecular Hbond substituents is 1. The van der Waals surface area contributed by atoms with Gasteiger partial charge in [0.15, 0.2) is 5.78 Å². The third kappa shape index (κ3) is 5.16. The van der Waals surface area contributed by atoms with E-state index in [9.17, 15) is 9.90 Å². The van der Waals surface area contributed by atoms with Crippen molar-refractivity contribution in [1.82, 2.24) is 4.90 Å². The van der Waals surface area contributed by atoms with Crippen LogP contribution in [-0.4, -0.2) is 42.0 Å². The van der Waals surface area contributed by atoms with Crippen LogP contribution >= 0.6 is 11.3 Å². The fourth-order valence-corrected chi connectivity index (χ4v) is 7.00. The fraction of sp³-hybridized carbons (Fsp3) is 0.483. The highest BCUT2D eigenvalue weighted by atomic mass is 32.1. The summed E-state index contributed by atoms with van der Waals surface area (Å²) in [6, 6.07) is 13.0. The van der Waals surface area contributed by atoms with E-state index in [0.29, 0.717) is 24.0 Å². The van der Waals surface area contributed by atoms with Crippen molar-refractivity contribution in [2.45, 2.75) is 57.8 Å². The predicted octanol–water partition coefficient (Wildman–Crippen LogP) is 7.00. The van der Waals surface area contributed by atoms with E-state index < -0.39 is 0 Å². The van der Waals surface area contributed by atoms with Crippen LogP contribution in [0.3, 0.4) is 0 Å². The number of hydrogen-bond acceptors (Lipinski definition) is 5. The summed E-state index contributed by atoms with van der Waals surface area (Å²) in [5.41, 5.74) is 1.53. The molecule has 180 valence electrons. The van der Waals surface area contributed by atoms with E-state index in [1.807, 2.05) is 30.3 Å². The third-order valence-electron chi connectivity index (χ3n) is 7.48. The van der Waals surface area contributed by atoms with Crippen molar-refractivity contribution < 1.29 is 14.6 Å². The van der Waals surface area contributed by atoms with E-state index in [4.69, 9.17) is 4.74 Å². The van der Waals surface area contributed by atoms with E-state index in [2.05, 4.69) is 11.8 Å². The first-order chi connectivity index (χ1) is 16.6. The molecule has 5 rings (SSSR count). The van der Waals surface area contributed by atoms with Gasteiger partial charge < -0.3 is 9.84 Å². The Morgan fingerprint density at radius 3 is 2.62 bits per heavy atom. The molecule has 1 saturated heterocycles. The number of piperidine rings is 1. The highest BCUT2D eigenvalue weighted by Crippen LogP contribution is 2.45. The molecule has 2 aliphatic rings. The fourth-order valence-electron chi connectivity index (χ4n) is 5.62. The summed E-state index contributed by atoms with van der Waals surface area (Å²) in [5, 5.41) is 11.0. The first-order valence-electron chi connectivity index (χ1n) is 12.8. The Morgan fingerprint density at radius 2 is 1.85 bits per heavy atom. The molecule has 0 radical (unpaired) electrons. The van der Waals surface area contributed by atoms with E-state index >= 15 is 0 Å². The number of rotatable bonds is 7. The Hall–Kier alpha value is -2.37. The predicted molar refractivity (Wildman–Crippen MR) is 140 cm³/mol. The number of thiophene rings is 1. The van der Waals surface area contributed by atoms with Gasteiger partial charge in [-0.2, -0.15) is 0 Å². The molecule has 1 N–H and O–H groups in total. The van der Waals surface area contributed by atoms with Crippen LogP contribution in [0.2, 0.25) is 0 Å². The van der Waals surface area contributed by atoms with Gasteiger partial charge in [-0.05, 0) is 93.1 Å². The molecule has 34 heavy (non-hydrogen) atoms. The second-order valence-corrected chi connectivity index (χ2v) is 11.2. The molecule has 1 aromatic heterocycles. The summed E-state index contributed by atoms with van der Waals surface area (Å²) >= 11 is 1.69. The number of fused-ring (bicyclic) bond motifs is 1. The molecule has 0 amide bonds. The van der Waals surface area contributed by atoms with Crippen molar-refractivity contribution in [1.29, 1.82) is 0 Å². The highest BCUT2D eigenvalue weighted by Gasteiger charge is 2.29. The zero-order valence-corrected chi connectivity index (χ0v) is 20.9. The first kappa shape index (κ1) is 23.4. The quantitative estimate of drug-likeness (QED) is 0.372. The minimum atomic E-state index is 0.0741. The van der Waals surface area contributed by atoms with Crippen molar-refractivity contribution in [2.24, 2.45) is 5.92 Å². The van der Waals surface area contributed by atoms with Gasteiger partial charge in [-0.1, -0.05) is 26.2 Å². The molecule has 0 bridgehead atoms. The molecule has 2 atom stereocenters. The maximum absolute atomic E-state index is 13.8. The van der Waals surface area contributed by atoms with Gasteiger partial charge in [0, 0.05) is 32.6 Å². The van der Waals surface area contributed by atoms with Crippen LogP contribution in [0.25, 0.3) is 10.1 Å². The van der Waals surface area contributed by atoms with Crippen LogP contribution in [0.5, 0.6) is 11.5 Å². The van der Waals surface area contributed by atoms with Crippen LogP contribution in [0.1, 0.15) is 78.6 Å². The minimum absolute atomic E-state index is 0.0741. The second-order valence-electron chi connectivity index (χ2n) is 10.1. The highest BCUT2D eigenvalue weighted by molar-refractivity contribution is 7.19. The molecular formula is C29H35NO3S. The van der Waals surface area contributed by atoms with E-state index in [0.717, 1.165) is 40.8 Å². The molecule has 4 nitrogen and oxygen atoms in total. The lowest BCUT2D eigenvalue weighted by Gasteiger charge is -2.26. The summed E-state index contributed by atoms with van der Waals surface area (Å²) in [5.74, 6) is 2.24. The molecule has 2 unspecified atom stereocenters. The van der Waals surface area contributed by atoms with Crippen molar-refractivity contribution in [3.63, 3.8) is 0 Å². The molecule has 2 fully saturated rings. The Morgan fingerprint density at radius 1 is 1.06 bits per heavy atom. The number of likely N-dealkylation sites (tertiary alicyclic amines) is 1. The summed E-state index contributed by atoms with van der Waals surface area (Å²) in [7, 11) is 0. The van der Waals surface area contributed by atoms with Crippen molar-refractivity contribution in [3.8, 4) is 11.5 Å². The van der Waals surface area contributed by atoms with E-state index in [1.165, 1.54) is 50.1 Å². The SMILES string of the molecule is CC1CCCC(c2sc3cc(O)ccc3c2C(=O)c2ccc(OCCN3CCCCC3)cc2)C1. The average molecular weight is 478 g/mol. The van der Waals surface area contributed by atoms with Crippen LogP contribution < -0.4 is 4.74 Å². The number of carbonyl (C=O) groups is 1. The number of hydrogen-bond donors (Lipinski definition) is 1. The molecule has 2 heterocycles. The maximum atomic E-state index is 13.8. The molecule has 5 heteroatoms. The van der Waals surface area contributed by atoms with Crippen molar-refractivity contribution in [3.05, 3.63) is 58.5 Å². The summed E-state index contributed by atoms with van der Waals surface area (Å²) in [4.78, 5) is 17.4. The summed E-state index contributed by atoms with van der Waals surface area (Å²) < 4.78 is 6.96. The number of carbonyl (C=O) groups excluding carboxylic acids is 1. The lowest BCUT2D eigenvalue weighted by Crippen LogP contribution is -2.33. The standard InChI is InChI=1S/C29H35NO3S/c1-20-6-5-7-22(18-20)29-27(25-13-10-23(31)19-26(25)34-29)28(32)21-8-11-24(12-9-21)33-17-16-30-14-3-2-4-15-30/h8-13,19-20,22,31H,2-7,14-18H2,1H3. The lowest BCUT2D eigenvalue weighted by atomic mass is 9.80. The van der Waals surface area contributed by atoms with Gasteiger partial charge in [0.25, 0.3) is 0 Å². The Labute approximate surface area is 206 Å². The number of phenols is 1. The maximum Gasteiger partial charge on any atom is 0.194 e. The van der Waals surface area contributed by atoms with Gasteiger partial charge in [0.05, 0.1) is 0 Å². The van der Waals surface area contributed by atoms with Gasteiger partial charge in [0.2, 0.25) is 0 Å². The van der Waals surface area contributed by atoms with Crippen molar-refractivity contribution >= 4 is 27.2 Å². The smallest absolute Gasteiger partial charge is 0.194 e.